The first kappa shape index (κ1) is 5.05. The van der Waals surface area contributed by atoms with E-state index in [0.29, 0.717) is 5.82 Å². The van der Waals surface area contributed by atoms with E-state index in [1.54, 1.807) is 18.3 Å². The van der Waals surface area contributed by atoms with Gasteiger partial charge in [-0.25, -0.2) is 10.8 Å². The van der Waals surface area contributed by atoms with Crippen LogP contribution in [0, 0.1) is 6.07 Å². The predicted molar refractivity (Wildman–Crippen MR) is 30.9 cm³/mol. The summed E-state index contributed by atoms with van der Waals surface area (Å²) >= 11 is 0. The van der Waals surface area contributed by atoms with Crippen LogP contribution in [-0.2, 0) is 0 Å². The maximum atomic E-state index is 5.01. The molecular weight excluding hydrogens is 102 g/mol. The second-order valence-electron chi connectivity index (χ2n) is 1.27. The second-order valence-corrected chi connectivity index (χ2v) is 1.27. The average molecular weight is 108 g/mol. The van der Waals surface area contributed by atoms with E-state index in [-0.39, 0.29) is 0 Å². The third-order valence-electron chi connectivity index (χ3n) is 0.743. The number of nitrogens with zero attached hydrogens (tertiary/aromatic N) is 1. The number of hydrogen-bond acceptors (Lipinski definition) is 3. The molecule has 0 saturated heterocycles. The fourth-order valence-corrected chi connectivity index (χ4v) is 0.404. The Morgan fingerprint density at radius 3 is 3.00 bits per heavy atom. The Hall–Kier alpha value is -1.09. The lowest BCUT2D eigenvalue weighted by atomic mass is 10.5. The first-order valence-corrected chi connectivity index (χ1v) is 2.23. The Balaban J connectivity index is 2.83. The van der Waals surface area contributed by atoms with Crippen molar-refractivity contribution in [1.29, 1.82) is 0 Å². The van der Waals surface area contributed by atoms with E-state index in [1.165, 1.54) is 0 Å². The smallest absolute Gasteiger partial charge is 0.147 e. The van der Waals surface area contributed by atoms with Crippen LogP contribution in [0.25, 0.3) is 0 Å². The van der Waals surface area contributed by atoms with Gasteiger partial charge in [-0.15, -0.1) is 0 Å². The average Bonchev–Trinajstić information content (AvgIpc) is 1.90. The zero-order chi connectivity index (χ0) is 5.82. The van der Waals surface area contributed by atoms with Crippen molar-refractivity contribution in [3.8, 4) is 0 Å². The second kappa shape index (κ2) is 2.28. The minimum Gasteiger partial charge on any atom is -0.308 e. The van der Waals surface area contributed by atoms with Crippen molar-refractivity contribution in [2.24, 2.45) is 5.84 Å². The lowest BCUT2D eigenvalue weighted by molar-refractivity contribution is 1.22. The van der Waals surface area contributed by atoms with Gasteiger partial charge in [0.2, 0.25) is 0 Å². The van der Waals surface area contributed by atoms with E-state index in [1.807, 2.05) is 0 Å². The van der Waals surface area contributed by atoms with Gasteiger partial charge in [0, 0.05) is 12.3 Å². The van der Waals surface area contributed by atoms with Crippen LogP contribution in [0.2, 0.25) is 0 Å². The molecule has 0 unspecified atom stereocenters. The van der Waals surface area contributed by atoms with Crippen LogP contribution in [0.3, 0.4) is 0 Å². The number of rotatable bonds is 1. The minimum absolute atomic E-state index is 0.563. The molecule has 3 nitrogen and oxygen atoms in total. The van der Waals surface area contributed by atoms with E-state index in [9.17, 15) is 0 Å². The fourth-order valence-electron chi connectivity index (χ4n) is 0.404. The summed E-state index contributed by atoms with van der Waals surface area (Å²) in [6.45, 7) is 0. The molecule has 1 heterocycles. The van der Waals surface area contributed by atoms with Crippen LogP contribution in [0.1, 0.15) is 0 Å². The highest BCUT2D eigenvalue weighted by molar-refractivity contribution is 5.28. The molecule has 3 N–H and O–H groups in total. The zero-order valence-corrected chi connectivity index (χ0v) is 4.26. The first-order valence-electron chi connectivity index (χ1n) is 2.23. The van der Waals surface area contributed by atoms with Gasteiger partial charge in [0.25, 0.3) is 0 Å². The molecule has 1 aromatic rings. The number of nitrogen functional groups attached to an aromatic ring is 1. The summed E-state index contributed by atoms with van der Waals surface area (Å²) in [6, 6.07) is 6.29. The van der Waals surface area contributed by atoms with Crippen molar-refractivity contribution in [2.45, 2.75) is 0 Å². The third-order valence-corrected chi connectivity index (χ3v) is 0.743. The molecule has 1 rings (SSSR count). The summed E-state index contributed by atoms with van der Waals surface area (Å²) in [6.07, 6.45) is 1.64. The van der Waals surface area contributed by atoms with E-state index in [4.69, 9.17) is 5.84 Å². The lowest BCUT2D eigenvalue weighted by Crippen LogP contribution is -2.07. The Kier molecular flexibility index (Phi) is 1.44. The van der Waals surface area contributed by atoms with Crippen molar-refractivity contribution in [1.82, 2.24) is 4.98 Å². The molecule has 0 fully saturated rings. The Morgan fingerprint density at radius 2 is 2.62 bits per heavy atom. The molecule has 0 saturated carbocycles. The molecule has 1 radical (unpaired) electrons. The molecule has 0 bridgehead atoms. The van der Waals surface area contributed by atoms with Gasteiger partial charge < -0.3 is 5.43 Å². The van der Waals surface area contributed by atoms with Crippen molar-refractivity contribution >= 4 is 5.82 Å². The van der Waals surface area contributed by atoms with Crippen LogP contribution < -0.4 is 11.3 Å². The number of aromatic nitrogens is 1. The largest absolute Gasteiger partial charge is 0.308 e. The first-order chi connectivity index (χ1) is 3.93. The third kappa shape index (κ3) is 0.946. The van der Waals surface area contributed by atoms with E-state index < -0.39 is 0 Å². The Morgan fingerprint density at radius 1 is 1.75 bits per heavy atom. The molecule has 0 aliphatic rings. The maximum Gasteiger partial charge on any atom is 0.147 e. The topological polar surface area (TPSA) is 50.9 Å². The summed E-state index contributed by atoms with van der Waals surface area (Å²) in [5, 5.41) is 0. The SMILES string of the molecule is NNc1[c]cccn1. The van der Waals surface area contributed by atoms with Crippen molar-refractivity contribution in [2.75, 3.05) is 5.43 Å². The number of pyridine rings is 1. The van der Waals surface area contributed by atoms with Crippen LogP contribution in [0.4, 0.5) is 5.82 Å². The monoisotopic (exact) mass is 108 g/mol. The molecule has 3 heteroatoms. The minimum atomic E-state index is 0.563. The van der Waals surface area contributed by atoms with Crippen LogP contribution in [-0.4, -0.2) is 4.98 Å². The number of nitrogens with one attached hydrogen (secondary N) is 1. The number of hydrazine groups is 1. The van der Waals surface area contributed by atoms with E-state index in [0.717, 1.165) is 0 Å². The van der Waals surface area contributed by atoms with Crippen molar-refractivity contribution in [3.63, 3.8) is 0 Å². The standard InChI is InChI=1S/C5H6N3/c6-8-5-3-1-2-4-7-5/h1-2,4H,6H2,(H,7,8). The normalized spacial score (nSPS) is 8.62. The lowest BCUT2D eigenvalue weighted by Gasteiger charge is -1.92. The number of nitrogens with two attached hydrogens (primary N) is 1. The molecule has 0 atom stereocenters. The summed E-state index contributed by atoms with van der Waals surface area (Å²) in [5.41, 5.74) is 2.36. The molecule has 8 heavy (non-hydrogen) atoms. The molecule has 1 aromatic heterocycles. The van der Waals surface area contributed by atoms with Gasteiger partial charge in [-0.1, -0.05) is 0 Å². The highest BCUT2D eigenvalue weighted by Crippen LogP contribution is 1.93. The van der Waals surface area contributed by atoms with Gasteiger partial charge in [0.15, 0.2) is 0 Å². The summed E-state index contributed by atoms with van der Waals surface area (Å²) in [7, 11) is 0. The number of anilines is 1. The van der Waals surface area contributed by atoms with E-state index in [2.05, 4.69) is 16.5 Å². The van der Waals surface area contributed by atoms with Gasteiger partial charge in [-0.2, -0.15) is 0 Å². The quantitative estimate of drug-likeness (QED) is 0.398. The molecular formula is C5H6N3. The summed E-state index contributed by atoms with van der Waals surface area (Å²) in [5.74, 6) is 5.57. The van der Waals surface area contributed by atoms with Gasteiger partial charge in [0.1, 0.15) is 5.82 Å². The van der Waals surface area contributed by atoms with E-state index >= 15 is 0 Å². The molecule has 0 aliphatic heterocycles. The molecule has 0 spiro atoms. The number of hydrogen-bond donors (Lipinski definition) is 2. The van der Waals surface area contributed by atoms with Crippen LogP contribution in [0.5, 0.6) is 0 Å². The van der Waals surface area contributed by atoms with Gasteiger partial charge in [0.05, 0.1) is 0 Å². The predicted octanol–water partition coefficient (Wildman–Crippen LogP) is 0.167. The Bertz CT molecular complexity index is 149. The van der Waals surface area contributed by atoms with Crippen molar-refractivity contribution < 1.29 is 0 Å². The summed E-state index contributed by atoms with van der Waals surface area (Å²) in [4.78, 5) is 3.81. The van der Waals surface area contributed by atoms with Crippen molar-refractivity contribution in [3.05, 3.63) is 24.4 Å². The van der Waals surface area contributed by atoms with Crippen LogP contribution >= 0.6 is 0 Å². The summed E-state index contributed by atoms with van der Waals surface area (Å²) < 4.78 is 0. The van der Waals surface area contributed by atoms with Crippen LogP contribution in [0.15, 0.2) is 18.3 Å². The fraction of sp³-hybridized carbons (Fsp3) is 0. The highest BCUT2D eigenvalue weighted by Gasteiger charge is 1.81. The molecule has 41 valence electrons. The molecule has 0 amide bonds. The van der Waals surface area contributed by atoms with Gasteiger partial charge >= 0.3 is 0 Å². The molecule has 0 aliphatic carbocycles. The van der Waals surface area contributed by atoms with Gasteiger partial charge in [-0.05, 0) is 12.1 Å². The Labute approximate surface area is 47.5 Å². The maximum absolute atomic E-state index is 5.01. The highest BCUT2D eigenvalue weighted by atomic mass is 15.2. The zero-order valence-electron chi connectivity index (χ0n) is 4.26. The van der Waals surface area contributed by atoms with Gasteiger partial charge in [-0.3, -0.25) is 0 Å². The molecule has 0 aromatic carbocycles.